The summed E-state index contributed by atoms with van der Waals surface area (Å²) in [6.45, 7) is 1.65. The molecule has 0 saturated heterocycles. The van der Waals surface area contributed by atoms with Crippen molar-refractivity contribution in [2.24, 2.45) is 0 Å². The van der Waals surface area contributed by atoms with Gasteiger partial charge in [0, 0.05) is 6.54 Å². The molecule has 0 N–H and O–H groups in total. The quantitative estimate of drug-likeness (QED) is 0.634. The highest BCUT2D eigenvalue weighted by Gasteiger charge is 2.16. The molecule has 0 unspecified atom stereocenters. The second-order valence-electron chi connectivity index (χ2n) is 7.15. The number of benzene rings is 3. The molecule has 0 atom stereocenters. The lowest BCUT2D eigenvalue weighted by molar-refractivity contribution is 0.261. The van der Waals surface area contributed by atoms with Crippen LogP contribution in [-0.2, 0) is 6.42 Å². The maximum absolute atomic E-state index is 5.93. The van der Waals surface area contributed by atoms with Crippen LogP contribution in [0.4, 0.5) is 0 Å². The van der Waals surface area contributed by atoms with Crippen molar-refractivity contribution in [2.45, 2.75) is 12.8 Å². The first kappa shape index (κ1) is 16.9. The van der Waals surface area contributed by atoms with E-state index >= 15 is 0 Å². The molecule has 0 amide bonds. The maximum atomic E-state index is 5.93. The van der Waals surface area contributed by atoms with E-state index in [-0.39, 0.29) is 0 Å². The summed E-state index contributed by atoms with van der Waals surface area (Å²) in [6, 6.07) is 21.8. The van der Waals surface area contributed by atoms with E-state index in [1.54, 1.807) is 0 Å². The van der Waals surface area contributed by atoms with Gasteiger partial charge in [-0.3, -0.25) is 0 Å². The zero-order chi connectivity index (χ0) is 17.9. The third-order valence-electron chi connectivity index (χ3n) is 5.02. The molecule has 0 aliphatic heterocycles. The van der Waals surface area contributed by atoms with Gasteiger partial charge in [0.1, 0.15) is 12.4 Å². The van der Waals surface area contributed by atoms with Gasteiger partial charge in [-0.2, -0.15) is 0 Å². The summed E-state index contributed by atoms with van der Waals surface area (Å²) in [5.74, 6) is 0.977. The molecule has 26 heavy (non-hydrogen) atoms. The van der Waals surface area contributed by atoms with E-state index in [2.05, 4.69) is 85.7 Å². The van der Waals surface area contributed by atoms with Crippen LogP contribution in [0.15, 0.2) is 66.7 Å². The van der Waals surface area contributed by atoms with Crippen molar-refractivity contribution in [3.8, 4) is 5.75 Å². The fourth-order valence-electron chi connectivity index (χ4n) is 3.67. The number of aryl methyl sites for hydroxylation is 1. The van der Waals surface area contributed by atoms with Crippen molar-refractivity contribution in [3.63, 3.8) is 0 Å². The Labute approximate surface area is 155 Å². The number of nitrogens with zero attached hydrogens (tertiary/aromatic N) is 1. The number of likely N-dealkylation sites (N-methyl/N-ethyl adjacent to an activating group) is 1. The number of allylic oxidation sites excluding steroid dienone is 1. The molecular weight excluding hydrogens is 318 g/mol. The molecule has 0 aromatic heterocycles. The molecule has 0 bridgehead atoms. The predicted molar refractivity (Wildman–Crippen MR) is 110 cm³/mol. The van der Waals surface area contributed by atoms with Crippen molar-refractivity contribution in [2.75, 3.05) is 27.2 Å². The fourth-order valence-corrected chi connectivity index (χ4v) is 3.67. The summed E-state index contributed by atoms with van der Waals surface area (Å²) in [5.41, 5.74) is 5.40. The van der Waals surface area contributed by atoms with Crippen molar-refractivity contribution < 1.29 is 4.74 Å². The molecular formula is C24H25NO. The number of rotatable bonds is 5. The lowest BCUT2D eigenvalue weighted by atomic mass is 9.85. The van der Waals surface area contributed by atoms with E-state index in [9.17, 15) is 0 Å². The minimum atomic E-state index is 0.720. The number of ether oxygens (including phenoxy) is 1. The van der Waals surface area contributed by atoms with E-state index in [4.69, 9.17) is 4.74 Å². The van der Waals surface area contributed by atoms with Crippen LogP contribution in [0, 0.1) is 0 Å². The minimum absolute atomic E-state index is 0.720. The van der Waals surface area contributed by atoms with Crippen molar-refractivity contribution in [3.05, 3.63) is 83.4 Å². The third-order valence-corrected chi connectivity index (χ3v) is 5.02. The van der Waals surface area contributed by atoms with Crippen LogP contribution >= 0.6 is 0 Å². The Hall–Kier alpha value is -2.58. The van der Waals surface area contributed by atoms with Crippen molar-refractivity contribution >= 4 is 16.3 Å². The zero-order valence-electron chi connectivity index (χ0n) is 15.5. The highest BCUT2D eigenvalue weighted by atomic mass is 16.5. The van der Waals surface area contributed by atoms with E-state index in [0.717, 1.165) is 31.7 Å². The largest absolute Gasteiger partial charge is 0.492 e. The molecule has 0 saturated carbocycles. The average molecular weight is 343 g/mol. The van der Waals surface area contributed by atoms with Crippen molar-refractivity contribution in [1.29, 1.82) is 0 Å². The Kier molecular flexibility index (Phi) is 4.77. The third kappa shape index (κ3) is 3.38. The van der Waals surface area contributed by atoms with E-state index in [0.29, 0.717) is 0 Å². The van der Waals surface area contributed by atoms with Crippen LogP contribution in [0.1, 0.15) is 23.1 Å². The summed E-state index contributed by atoms with van der Waals surface area (Å²) in [7, 11) is 4.13. The summed E-state index contributed by atoms with van der Waals surface area (Å²) < 4.78 is 5.93. The van der Waals surface area contributed by atoms with Gasteiger partial charge in [-0.15, -0.1) is 0 Å². The molecule has 3 aromatic rings. The van der Waals surface area contributed by atoms with Crippen LogP contribution in [0.2, 0.25) is 0 Å². The first-order chi connectivity index (χ1) is 12.7. The van der Waals surface area contributed by atoms with Crippen LogP contribution in [0.5, 0.6) is 5.75 Å². The molecule has 0 fully saturated rings. The van der Waals surface area contributed by atoms with E-state index in [1.807, 2.05) is 0 Å². The normalized spacial score (nSPS) is 13.6. The number of fused-ring (bicyclic) bond motifs is 2. The summed E-state index contributed by atoms with van der Waals surface area (Å²) in [4.78, 5) is 2.14. The topological polar surface area (TPSA) is 12.5 Å². The van der Waals surface area contributed by atoms with Gasteiger partial charge in [0.2, 0.25) is 0 Å². The van der Waals surface area contributed by atoms with Crippen LogP contribution in [-0.4, -0.2) is 32.1 Å². The number of hydrogen-bond donors (Lipinski definition) is 0. The molecule has 0 radical (unpaired) electrons. The molecule has 1 aliphatic carbocycles. The van der Waals surface area contributed by atoms with Gasteiger partial charge in [0.25, 0.3) is 0 Å². The first-order valence-corrected chi connectivity index (χ1v) is 9.31. The Bertz CT molecular complexity index is 950. The molecule has 2 nitrogen and oxygen atoms in total. The highest BCUT2D eigenvalue weighted by molar-refractivity contribution is 5.98. The average Bonchev–Trinajstić information content (AvgIpc) is 2.66. The second kappa shape index (κ2) is 7.35. The lowest BCUT2D eigenvalue weighted by Crippen LogP contribution is -2.19. The monoisotopic (exact) mass is 343 g/mol. The summed E-state index contributed by atoms with van der Waals surface area (Å²) in [5, 5.41) is 2.61. The Balaban J connectivity index is 1.67. The van der Waals surface area contributed by atoms with Gasteiger partial charge >= 0.3 is 0 Å². The minimum Gasteiger partial charge on any atom is -0.492 e. The summed E-state index contributed by atoms with van der Waals surface area (Å²) >= 11 is 0. The van der Waals surface area contributed by atoms with Gasteiger partial charge < -0.3 is 9.64 Å². The standard InChI is InChI=1S/C24H25NO/c1-25(2)15-16-26-20-13-14-22-19(17-20)9-6-12-24(22)23-11-5-8-18-7-3-4-10-21(18)23/h3-5,7-8,10-14,17H,6,9,15-16H2,1-2H3. The SMILES string of the molecule is CN(C)CCOc1ccc2c(c1)CCC=C2c1cccc2ccccc12. The fraction of sp³-hybridized carbons (Fsp3) is 0.250. The second-order valence-corrected chi connectivity index (χ2v) is 7.15. The molecule has 1 aliphatic rings. The van der Waals surface area contributed by atoms with Gasteiger partial charge in [0.15, 0.2) is 0 Å². The Morgan fingerprint density at radius 2 is 1.77 bits per heavy atom. The molecule has 2 heteroatoms. The Morgan fingerprint density at radius 3 is 2.65 bits per heavy atom. The zero-order valence-corrected chi connectivity index (χ0v) is 15.5. The smallest absolute Gasteiger partial charge is 0.119 e. The summed E-state index contributed by atoms with van der Waals surface area (Å²) in [6.07, 6.45) is 4.54. The van der Waals surface area contributed by atoms with Crippen LogP contribution in [0.3, 0.4) is 0 Å². The first-order valence-electron chi connectivity index (χ1n) is 9.31. The number of hydrogen-bond acceptors (Lipinski definition) is 2. The van der Waals surface area contributed by atoms with E-state index < -0.39 is 0 Å². The Morgan fingerprint density at radius 1 is 0.923 bits per heavy atom. The molecule has 0 spiro atoms. The van der Waals surface area contributed by atoms with Gasteiger partial charge in [-0.1, -0.05) is 54.6 Å². The van der Waals surface area contributed by atoms with E-state index in [1.165, 1.54) is 33.0 Å². The van der Waals surface area contributed by atoms with Gasteiger partial charge in [-0.05, 0) is 72.1 Å². The molecule has 3 aromatic carbocycles. The van der Waals surface area contributed by atoms with Crippen molar-refractivity contribution in [1.82, 2.24) is 4.90 Å². The van der Waals surface area contributed by atoms with Gasteiger partial charge in [0.05, 0.1) is 0 Å². The highest BCUT2D eigenvalue weighted by Crippen LogP contribution is 2.36. The molecule has 4 rings (SSSR count). The predicted octanol–water partition coefficient (Wildman–Crippen LogP) is 5.16. The van der Waals surface area contributed by atoms with Crippen LogP contribution in [0.25, 0.3) is 16.3 Å². The van der Waals surface area contributed by atoms with Gasteiger partial charge in [-0.25, -0.2) is 0 Å². The maximum Gasteiger partial charge on any atom is 0.119 e. The lowest BCUT2D eigenvalue weighted by Gasteiger charge is -2.21. The van der Waals surface area contributed by atoms with Crippen LogP contribution < -0.4 is 4.74 Å². The molecule has 0 heterocycles. The molecule has 132 valence electrons.